The second-order valence-corrected chi connectivity index (χ2v) is 5.00. The number of anilines is 1. The molecule has 0 atom stereocenters. The van der Waals surface area contributed by atoms with Gasteiger partial charge in [0.2, 0.25) is 5.91 Å². The van der Waals surface area contributed by atoms with E-state index in [1.807, 2.05) is 6.92 Å². The number of aliphatic hydroxyl groups excluding tert-OH is 1. The van der Waals surface area contributed by atoms with Crippen molar-refractivity contribution >= 4 is 17.6 Å². The van der Waals surface area contributed by atoms with Crippen LogP contribution in [0.15, 0.2) is 36.4 Å². The van der Waals surface area contributed by atoms with Crippen molar-refractivity contribution in [2.45, 2.75) is 13.3 Å². The third-order valence-electron chi connectivity index (χ3n) is 3.35. The van der Waals surface area contributed by atoms with Crippen molar-refractivity contribution in [3.8, 4) is 0 Å². The van der Waals surface area contributed by atoms with Gasteiger partial charge in [-0.05, 0) is 30.7 Å². The number of hydrogen-bond donors (Lipinski definition) is 2. The predicted octanol–water partition coefficient (Wildman–Crippen LogP) is 1.65. The summed E-state index contributed by atoms with van der Waals surface area (Å²) in [6, 6.07) is 6.24. The highest BCUT2D eigenvalue weighted by Gasteiger charge is 2.11. The molecule has 2 N–H and O–H groups in total. The van der Waals surface area contributed by atoms with Gasteiger partial charge in [0.15, 0.2) is 6.80 Å². The van der Waals surface area contributed by atoms with Crippen LogP contribution in [0.3, 0.4) is 0 Å². The summed E-state index contributed by atoms with van der Waals surface area (Å²) in [6.45, 7) is 5.01. The largest absolute Gasteiger partial charge is 0.460 e. The number of esters is 1. The van der Waals surface area contributed by atoms with Gasteiger partial charge in [0, 0.05) is 24.4 Å². The summed E-state index contributed by atoms with van der Waals surface area (Å²) < 4.78 is 18.0. The van der Waals surface area contributed by atoms with Crippen molar-refractivity contribution in [1.29, 1.82) is 0 Å². The van der Waals surface area contributed by atoms with E-state index in [0.717, 1.165) is 0 Å². The number of hydrogen-bond acceptors (Lipinski definition) is 5. The van der Waals surface area contributed by atoms with Gasteiger partial charge in [0.1, 0.15) is 6.61 Å². The Labute approximate surface area is 140 Å². The Morgan fingerprint density at radius 3 is 2.54 bits per heavy atom. The fourth-order valence-electron chi connectivity index (χ4n) is 1.88. The molecule has 0 aliphatic rings. The summed E-state index contributed by atoms with van der Waals surface area (Å²) in [5, 5.41) is 11.3. The van der Waals surface area contributed by atoms with Crippen molar-refractivity contribution in [2.75, 3.05) is 38.0 Å². The van der Waals surface area contributed by atoms with Gasteiger partial charge >= 0.3 is 5.97 Å². The van der Waals surface area contributed by atoms with Crippen molar-refractivity contribution in [1.82, 2.24) is 5.32 Å². The number of nitrogens with zero attached hydrogens (tertiary/aromatic N) is 1. The number of amides is 1. The standard InChI is InChI=1S/C17H23FN2O4/c1-3-13(2)16(22)19-8-9-20(12-18)15-6-4-14(5-7-15)17(23)24-11-10-21/h4-7,21H,2-3,8-12H2,1H3,(H,19,22). The van der Waals surface area contributed by atoms with Crippen LogP contribution in [-0.4, -0.2) is 50.1 Å². The first-order valence-corrected chi connectivity index (χ1v) is 7.68. The zero-order chi connectivity index (χ0) is 17.9. The SMILES string of the molecule is C=C(CC)C(=O)NCCN(CF)c1ccc(C(=O)OCCO)cc1. The third kappa shape index (κ3) is 6.00. The maximum atomic E-state index is 13.2. The average Bonchev–Trinajstić information content (AvgIpc) is 2.62. The molecule has 7 heteroatoms. The zero-order valence-electron chi connectivity index (χ0n) is 13.8. The molecule has 0 unspecified atom stereocenters. The second kappa shape index (κ2) is 10.4. The first kappa shape index (κ1) is 19.6. The number of nitrogens with one attached hydrogen (secondary N) is 1. The number of aliphatic hydroxyl groups is 1. The Kier molecular flexibility index (Phi) is 8.49. The summed E-state index contributed by atoms with van der Waals surface area (Å²) in [7, 11) is 0. The summed E-state index contributed by atoms with van der Waals surface area (Å²) in [5.74, 6) is -0.786. The van der Waals surface area contributed by atoms with Crippen LogP contribution in [0.1, 0.15) is 23.7 Å². The van der Waals surface area contributed by atoms with Crippen LogP contribution in [0.25, 0.3) is 0 Å². The molecule has 0 saturated heterocycles. The molecule has 0 bridgehead atoms. The highest BCUT2D eigenvalue weighted by molar-refractivity contribution is 5.92. The van der Waals surface area contributed by atoms with Crippen LogP contribution in [0.2, 0.25) is 0 Å². The molecule has 0 spiro atoms. The number of halogens is 1. The van der Waals surface area contributed by atoms with Gasteiger partial charge in [-0.3, -0.25) is 4.79 Å². The van der Waals surface area contributed by atoms with Crippen LogP contribution < -0.4 is 10.2 Å². The highest BCUT2D eigenvalue weighted by atomic mass is 19.1. The van der Waals surface area contributed by atoms with E-state index >= 15 is 0 Å². The molecule has 1 rings (SSSR count). The van der Waals surface area contributed by atoms with E-state index < -0.39 is 12.8 Å². The van der Waals surface area contributed by atoms with E-state index in [1.54, 1.807) is 12.1 Å². The lowest BCUT2D eigenvalue weighted by atomic mass is 10.2. The van der Waals surface area contributed by atoms with Crippen LogP contribution in [0.5, 0.6) is 0 Å². The van der Waals surface area contributed by atoms with Crippen molar-refractivity contribution in [2.24, 2.45) is 0 Å². The van der Waals surface area contributed by atoms with Crippen LogP contribution >= 0.6 is 0 Å². The molecule has 0 fully saturated rings. The van der Waals surface area contributed by atoms with Crippen molar-refractivity contribution < 1.29 is 23.8 Å². The quantitative estimate of drug-likeness (QED) is 0.385. The van der Waals surface area contributed by atoms with Gasteiger partial charge in [0.25, 0.3) is 0 Å². The van der Waals surface area contributed by atoms with Gasteiger partial charge in [-0.2, -0.15) is 0 Å². The molecule has 24 heavy (non-hydrogen) atoms. The average molecular weight is 338 g/mol. The fourth-order valence-corrected chi connectivity index (χ4v) is 1.88. The van der Waals surface area contributed by atoms with E-state index in [2.05, 4.69) is 11.9 Å². The van der Waals surface area contributed by atoms with E-state index in [0.29, 0.717) is 23.2 Å². The highest BCUT2D eigenvalue weighted by Crippen LogP contribution is 2.15. The van der Waals surface area contributed by atoms with Gasteiger partial charge in [-0.15, -0.1) is 0 Å². The molecule has 0 radical (unpaired) electrons. The molecular formula is C17H23FN2O4. The topological polar surface area (TPSA) is 78.9 Å². The summed E-state index contributed by atoms with van der Waals surface area (Å²) in [6.07, 6.45) is 0.562. The second-order valence-electron chi connectivity index (χ2n) is 5.00. The minimum Gasteiger partial charge on any atom is -0.460 e. The minimum absolute atomic E-state index is 0.0695. The predicted molar refractivity (Wildman–Crippen MR) is 89.6 cm³/mol. The number of ether oxygens (including phenoxy) is 1. The maximum Gasteiger partial charge on any atom is 0.338 e. The summed E-state index contributed by atoms with van der Waals surface area (Å²) in [5.41, 5.74) is 1.38. The van der Waals surface area contributed by atoms with E-state index in [-0.39, 0.29) is 32.2 Å². The number of carbonyl (C=O) groups is 2. The Hall–Kier alpha value is -2.41. The lowest BCUT2D eigenvalue weighted by molar-refractivity contribution is -0.117. The van der Waals surface area contributed by atoms with Crippen molar-refractivity contribution in [3.05, 3.63) is 42.0 Å². The molecule has 0 aromatic heterocycles. The van der Waals surface area contributed by atoms with E-state index in [1.165, 1.54) is 17.0 Å². The molecule has 1 aromatic rings. The Morgan fingerprint density at radius 1 is 1.33 bits per heavy atom. The third-order valence-corrected chi connectivity index (χ3v) is 3.35. The summed E-state index contributed by atoms with van der Waals surface area (Å²) in [4.78, 5) is 24.6. The number of rotatable bonds is 10. The van der Waals surface area contributed by atoms with Crippen LogP contribution in [0.4, 0.5) is 10.1 Å². The number of carbonyl (C=O) groups excluding carboxylic acids is 2. The van der Waals surface area contributed by atoms with Crippen LogP contribution in [-0.2, 0) is 9.53 Å². The number of alkyl halides is 1. The molecule has 132 valence electrons. The van der Waals surface area contributed by atoms with E-state index in [4.69, 9.17) is 9.84 Å². The number of benzene rings is 1. The summed E-state index contributed by atoms with van der Waals surface area (Å²) >= 11 is 0. The van der Waals surface area contributed by atoms with Gasteiger partial charge in [-0.25, -0.2) is 9.18 Å². The smallest absolute Gasteiger partial charge is 0.338 e. The van der Waals surface area contributed by atoms with Crippen LogP contribution in [0, 0.1) is 0 Å². The molecule has 0 aliphatic carbocycles. The molecule has 1 amide bonds. The van der Waals surface area contributed by atoms with Gasteiger partial charge in [-0.1, -0.05) is 13.5 Å². The molecular weight excluding hydrogens is 315 g/mol. The maximum absolute atomic E-state index is 13.2. The molecule has 6 nitrogen and oxygen atoms in total. The Bertz CT molecular complexity index is 560. The van der Waals surface area contributed by atoms with E-state index in [9.17, 15) is 14.0 Å². The Balaban J connectivity index is 2.57. The lowest BCUT2D eigenvalue weighted by Crippen LogP contribution is -2.35. The van der Waals surface area contributed by atoms with Crippen molar-refractivity contribution in [3.63, 3.8) is 0 Å². The zero-order valence-corrected chi connectivity index (χ0v) is 13.8. The first-order chi connectivity index (χ1) is 11.5. The monoisotopic (exact) mass is 338 g/mol. The Morgan fingerprint density at radius 2 is 2.00 bits per heavy atom. The minimum atomic E-state index is -0.723. The fraction of sp³-hybridized carbons (Fsp3) is 0.412. The molecule has 1 aromatic carbocycles. The van der Waals surface area contributed by atoms with Gasteiger partial charge < -0.3 is 20.1 Å². The molecule has 0 aliphatic heterocycles. The molecule has 0 heterocycles. The lowest BCUT2D eigenvalue weighted by Gasteiger charge is -2.21. The first-order valence-electron chi connectivity index (χ1n) is 7.68. The molecule has 0 saturated carbocycles. The van der Waals surface area contributed by atoms with Gasteiger partial charge in [0.05, 0.1) is 12.2 Å². The normalized spacial score (nSPS) is 10.1.